The quantitative estimate of drug-likeness (QED) is 0.833. The highest BCUT2D eigenvalue weighted by Gasteiger charge is 2.13. The minimum absolute atomic E-state index is 0.0112. The third-order valence-electron chi connectivity index (χ3n) is 1.68. The van der Waals surface area contributed by atoms with E-state index < -0.39 is 0 Å². The number of rotatable bonds is 2. The minimum atomic E-state index is -0.0112. The number of nitrogen functional groups attached to an aromatic ring is 1. The maximum absolute atomic E-state index is 5.88. The van der Waals surface area contributed by atoms with E-state index in [1.165, 1.54) is 10.7 Å². The molecule has 0 aliphatic rings. The maximum Gasteiger partial charge on any atom is 0.320 e. The molecule has 2 heterocycles. The van der Waals surface area contributed by atoms with Crippen molar-refractivity contribution >= 4 is 23.1 Å². The summed E-state index contributed by atoms with van der Waals surface area (Å²) in [6.45, 7) is 3.78. The molecule has 0 radical (unpaired) electrons. The number of halogens is 1. The van der Waals surface area contributed by atoms with Gasteiger partial charge >= 0.3 is 6.01 Å². The van der Waals surface area contributed by atoms with Crippen molar-refractivity contribution in [2.24, 2.45) is 0 Å². The van der Waals surface area contributed by atoms with Crippen LogP contribution in [0.4, 0.5) is 5.95 Å². The van der Waals surface area contributed by atoms with Gasteiger partial charge in [-0.15, -0.1) is 5.10 Å². The average Bonchev–Trinajstić information content (AvgIpc) is 2.42. The number of ether oxygens (including phenoxy) is 1. The van der Waals surface area contributed by atoms with E-state index in [-0.39, 0.29) is 12.1 Å². The summed E-state index contributed by atoms with van der Waals surface area (Å²) in [6, 6.07) is 0.319. The fourth-order valence-corrected chi connectivity index (χ4v) is 1.33. The standard InChI is InChI=1S/C8H10ClN5O/c1-4(2)15-8-12-6(9)5-3-11-7(10)13-14(5)8/h3-4H,1-2H3,(H2,10,13). The first-order valence-corrected chi connectivity index (χ1v) is 4.79. The Balaban J connectivity index is 2.59. The van der Waals surface area contributed by atoms with Crippen LogP contribution in [0.1, 0.15) is 13.8 Å². The predicted octanol–water partition coefficient (Wildman–Crippen LogP) is 1.15. The van der Waals surface area contributed by atoms with Gasteiger partial charge in [-0.2, -0.15) is 9.50 Å². The van der Waals surface area contributed by atoms with E-state index in [0.717, 1.165) is 0 Å². The van der Waals surface area contributed by atoms with E-state index in [4.69, 9.17) is 22.1 Å². The van der Waals surface area contributed by atoms with Gasteiger partial charge in [-0.3, -0.25) is 0 Å². The molecular formula is C8H10ClN5O. The fraction of sp³-hybridized carbons (Fsp3) is 0.375. The van der Waals surface area contributed by atoms with Crippen molar-refractivity contribution in [1.29, 1.82) is 0 Å². The van der Waals surface area contributed by atoms with Crippen LogP contribution in [-0.4, -0.2) is 25.7 Å². The van der Waals surface area contributed by atoms with E-state index in [1.54, 1.807) is 0 Å². The van der Waals surface area contributed by atoms with Gasteiger partial charge in [-0.05, 0) is 13.8 Å². The van der Waals surface area contributed by atoms with Crippen molar-refractivity contribution in [3.8, 4) is 6.01 Å². The zero-order chi connectivity index (χ0) is 11.0. The SMILES string of the molecule is CC(C)Oc1nc(Cl)c2cnc(N)nn12. The molecule has 0 atom stereocenters. The molecule has 0 saturated carbocycles. The molecule has 7 heteroatoms. The third kappa shape index (κ3) is 1.80. The zero-order valence-electron chi connectivity index (χ0n) is 8.31. The Morgan fingerprint density at radius 1 is 1.53 bits per heavy atom. The van der Waals surface area contributed by atoms with Crippen LogP contribution in [0.5, 0.6) is 6.01 Å². The van der Waals surface area contributed by atoms with Crippen LogP contribution in [0, 0.1) is 0 Å². The van der Waals surface area contributed by atoms with Gasteiger partial charge in [0.25, 0.3) is 0 Å². The number of hydrogen-bond donors (Lipinski definition) is 1. The van der Waals surface area contributed by atoms with E-state index in [1.807, 2.05) is 13.8 Å². The lowest BCUT2D eigenvalue weighted by molar-refractivity contribution is 0.218. The molecule has 0 fully saturated rings. The summed E-state index contributed by atoms with van der Waals surface area (Å²) >= 11 is 5.88. The second-order valence-electron chi connectivity index (χ2n) is 3.27. The average molecular weight is 228 g/mol. The minimum Gasteiger partial charge on any atom is -0.461 e. The van der Waals surface area contributed by atoms with Crippen LogP contribution in [-0.2, 0) is 0 Å². The van der Waals surface area contributed by atoms with Crippen LogP contribution < -0.4 is 10.5 Å². The van der Waals surface area contributed by atoms with E-state index in [9.17, 15) is 0 Å². The van der Waals surface area contributed by atoms with Gasteiger partial charge in [0, 0.05) is 0 Å². The van der Waals surface area contributed by atoms with Gasteiger partial charge in [-0.1, -0.05) is 11.6 Å². The zero-order valence-corrected chi connectivity index (χ0v) is 9.06. The monoisotopic (exact) mass is 227 g/mol. The summed E-state index contributed by atoms with van der Waals surface area (Å²) in [5.74, 6) is 0.144. The van der Waals surface area contributed by atoms with Crippen molar-refractivity contribution < 1.29 is 4.74 Å². The Kier molecular flexibility index (Phi) is 2.36. The number of hydrogen-bond acceptors (Lipinski definition) is 5. The summed E-state index contributed by atoms with van der Waals surface area (Å²) in [6.07, 6.45) is 1.49. The number of nitrogens with zero attached hydrogens (tertiary/aromatic N) is 4. The molecule has 15 heavy (non-hydrogen) atoms. The number of nitrogens with two attached hydrogens (primary N) is 1. The molecule has 0 spiro atoms. The van der Waals surface area contributed by atoms with Crippen molar-refractivity contribution in [3.05, 3.63) is 11.3 Å². The molecule has 6 nitrogen and oxygen atoms in total. The second-order valence-corrected chi connectivity index (χ2v) is 3.62. The van der Waals surface area contributed by atoms with Crippen molar-refractivity contribution in [2.45, 2.75) is 20.0 Å². The van der Waals surface area contributed by atoms with Crippen molar-refractivity contribution in [2.75, 3.05) is 5.73 Å². The first-order valence-electron chi connectivity index (χ1n) is 4.41. The molecule has 2 N–H and O–H groups in total. The summed E-state index contributed by atoms with van der Waals surface area (Å²) < 4.78 is 6.86. The Morgan fingerprint density at radius 2 is 2.27 bits per heavy atom. The van der Waals surface area contributed by atoms with Crippen molar-refractivity contribution in [3.63, 3.8) is 0 Å². The highest BCUT2D eigenvalue weighted by molar-refractivity contribution is 6.32. The fourth-order valence-electron chi connectivity index (χ4n) is 1.13. The molecule has 0 aromatic carbocycles. The number of imidazole rings is 1. The summed E-state index contributed by atoms with van der Waals surface area (Å²) in [4.78, 5) is 7.85. The Morgan fingerprint density at radius 3 is 2.93 bits per heavy atom. The molecule has 2 aromatic heterocycles. The lowest BCUT2D eigenvalue weighted by Crippen LogP contribution is -2.10. The van der Waals surface area contributed by atoms with E-state index in [0.29, 0.717) is 16.7 Å². The first-order chi connectivity index (χ1) is 7.08. The highest BCUT2D eigenvalue weighted by atomic mass is 35.5. The molecule has 0 amide bonds. The Bertz CT molecular complexity index is 495. The molecule has 0 unspecified atom stereocenters. The summed E-state index contributed by atoms with van der Waals surface area (Å²) in [5, 5.41) is 4.26. The van der Waals surface area contributed by atoms with Crippen LogP contribution in [0.3, 0.4) is 0 Å². The Labute approximate surface area is 91.0 Å². The lowest BCUT2D eigenvalue weighted by Gasteiger charge is -2.06. The number of anilines is 1. The predicted molar refractivity (Wildman–Crippen MR) is 56.0 cm³/mol. The van der Waals surface area contributed by atoms with Gasteiger partial charge in [0.15, 0.2) is 5.15 Å². The topological polar surface area (TPSA) is 78.3 Å². The molecule has 80 valence electrons. The smallest absolute Gasteiger partial charge is 0.320 e. The second kappa shape index (κ2) is 3.54. The maximum atomic E-state index is 5.88. The number of fused-ring (bicyclic) bond motifs is 1. The largest absolute Gasteiger partial charge is 0.461 e. The van der Waals surface area contributed by atoms with Crippen LogP contribution in [0.2, 0.25) is 5.15 Å². The van der Waals surface area contributed by atoms with Crippen LogP contribution in [0.15, 0.2) is 6.20 Å². The van der Waals surface area contributed by atoms with Crippen molar-refractivity contribution in [1.82, 2.24) is 19.6 Å². The molecule has 0 aliphatic carbocycles. The molecule has 0 bridgehead atoms. The Hall–Kier alpha value is -1.56. The normalized spacial score (nSPS) is 11.2. The van der Waals surface area contributed by atoms with E-state index in [2.05, 4.69) is 15.1 Å². The van der Waals surface area contributed by atoms with Crippen LogP contribution in [0.25, 0.3) is 5.52 Å². The number of aromatic nitrogens is 4. The molecule has 2 aromatic rings. The third-order valence-corrected chi connectivity index (χ3v) is 1.96. The van der Waals surface area contributed by atoms with Gasteiger partial charge in [0.05, 0.1) is 12.3 Å². The van der Waals surface area contributed by atoms with E-state index >= 15 is 0 Å². The summed E-state index contributed by atoms with van der Waals surface area (Å²) in [5.41, 5.74) is 6.03. The van der Waals surface area contributed by atoms with Gasteiger partial charge in [0.2, 0.25) is 5.95 Å². The lowest BCUT2D eigenvalue weighted by atomic mass is 10.5. The van der Waals surface area contributed by atoms with Gasteiger partial charge < -0.3 is 10.5 Å². The summed E-state index contributed by atoms with van der Waals surface area (Å²) in [7, 11) is 0. The highest BCUT2D eigenvalue weighted by Crippen LogP contribution is 2.21. The van der Waals surface area contributed by atoms with Crippen LogP contribution >= 0.6 is 11.6 Å². The van der Waals surface area contributed by atoms with Gasteiger partial charge in [-0.25, -0.2) is 4.98 Å². The first kappa shape index (κ1) is 9.97. The molecule has 0 saturated heterocycles. The molecule has 2 rings (SSSR count). The van der Waals surface area contributed by atoms with Gasteiger partial charge in [0.1, 0.15) is 5.52 Å². The molecular weight excluding hydrogens is 218 g/mol. The molecule has 0 aliphatic heterocycles.